The Kier molecular flexibility index (Phi) is 5.84. The van der Waals surface area contributed by atoms with Crippen molar-refractivity contribution in [2.45, 2.75) is 38.6 Å². The fourth-order valence-corrected chi connectivity index (χ4v) is 4.09. The molecular formula is C24H25FN2O3. The lowest BCUT2D eigenvalue weighted by Gasteiger charge is -2.32. The predicted molar refractivity (Wildman–Crippen MR) is 113 cm³/mol. The van der Waals surface area contributed by atoms with E-state index in [1.807, 2.05) is 0 Å². The number of para-hydroxylation sites is 2. The molecule has 1 fully saturated rings. The third-order valence-electron chi connectivity index (χ3n) is 5.74. The first-order chi connectivity index (χ1) is 14.5. The lowest BCUT2D eigenvalue weighted by Crippen LogP contribution is -2.48. The first-order valence-electron chi connectivity index (χ1n) is 10.4. The minimum atomic E-state index is -0.426. The zero-order valence-electron chi connectivity index (χ0n) is 16.9. The zero-order valence-corrected chi connectivity index (χ0v) is 16.9. The normalized spacial score (nSPS) is 22.4. The van der Waals surface area contributed by atoms with Gasteiger partial charge in [-0.25, -0.2) is 4.39 Å². The van der Waals surface area contributed by atoms with Crippen LogP contribution in [0.2, 0.25) is 0 Å². The van der Waals surface area contributed by atoms with E-state index < -0.39 is 11.7 Å². The van der Waals surface area contributed by atoms with E-state index in [-0.39, 0.29) is 24.3 Å². The number of benzene rings is 2. The number of anilines is 1. The van der Waals surface area contributed by atoms with Crippen LogP contribution in [0.1, 0.15) is 38.2 Å². The molecule has 1 aliphatic heterocycles. The van der Waals surface area contributed by atoms with Gasteiger partial charge in [0.2, 0.25) is 5.91 Å². The molecule has 1 aliphatic carbocycles. The summed E-state index contributed by atoms with van der Waals surface area (Å²) in [5, 5.41) is 3.10. The number of nitrogens with zero attached hydrogens (tertiary/aromatic N) is 1. The van der Waals surface area contributed by atoms with Crippen molar-refractivity contribution in [3.05, 3.63) is 65.7 Å². The van der Waals surface area contributed by atoms with Crippen LogP contribution in [0.15, 0.2) is 54.3 Å². The molecule has 2 aromatic rings. The van der Waals surface area contributed by atoms with Gasteiger partial charge in [0.15, 0.2) is 11.5 Å². The minimum absolute atomic E-state index is 0.0538. The second-order valence-electron chi connectivity index (χ2n) is 7.96. The highest BCUT2D eigenvalue weighted by atomic mass is 19.1. The van der Waals surface area contributed by atoms with Crippen molar-refractivity contribution < 1.29 is 18.7 Å². The highest BCUT2D eigenvalue weighted by Crippen LogP contribution is 2.35. The highest BCUT2D eigenvalue weighted by Gasteiger charge is 2.32. The van der Waals surface area contributed by atoms with Gasteiger partial charge >= 0.3 is 0 Å². The van der Waals surface area contributed by atoms with Crippen molar-refractivity contribution in [3.63, 3.8) is 0 Å². The van der Waals surface area contributed by atoms with Gasteiger partial charge in [0.05, 0.1) is 5.69 Å². The average Bonchev–Trinajstić information content (AvgIpc) is 2.73. The summed E-state index contributed by atoms with van der Waals surface area (Å²) in [5.74, 6) is -0.0462. The van der Waals surface area contributed by atoms with Crippen LogP contribution >= 0.6 is 0 Å². The number of halogens is 1. The Bertz CT molecular complexity index is 988. The Morgan fingerprint density at radius 2 is 2.00 bits per heavy atom. The number of ether oxygens (including phenoxy) is 1. The van der Waals surface area contributed by atoms with Crippen molar-refractivity contribution in [2.75, 3.05) is 11.4 Å². The van der Waals surface area contributed by atoms with Crippen molar-refractivity contribution >= 4 is 23.6 Å². The van der Waals surface area contributed by atoms with Gasteiger partial charge in [0.25, 0.3) is 5.91 Å². The number of nitrogens with one attached hydrogen (secondary N) is 1. The highest BCUT2D eigenvalue weighted by molar-refractivity contribution is 6.12. The molecule has 4 rings (SSSR count). The second-order valence-corrected chi connectivity index (χ2v) is 7.96. The number of hydrogen-bond acceptors (Lipinski definition) is 3. The number of carbonyl (C=O) groups is 2. The third-order valence-corrected chi connectivity index (χ3v) is 5.74. The average molecular weight is 408 g/mol. The number of rotatable bonds is 4. The minimum Gasteiger partial charge on any atom is -0.449 e. The van der Waals surface area contributed by atoms with Gasteiger partial charge in [-0.2, -0.15) is 0 Å². The summed E-state index contributed by atoms with van der Waals surface area (Å²) in [6.07, 6.45) is 5.86. The van der Waals surface area contributed by atoms with Gasteiger partial charge < -0.3 is 10.1 Å². The SMILES string of the molecule is CC1CCCCC1NC(=O)CN1C(=O)C(=Cc2cccc(F)c2)Oc2ccccc21. The fourth-order valence-electron chi connectivity index (χ4n) is 4.09. The molecule has 0 spiro atoms. The van der Waals surface area contributed by atoms with Crippen LogP contribution in [0.25, 0.3) is 6.08 Å². The Morgan fingerprint density at radius 3 is 2.80 bits per heavy atom. The smallest absolute Gasteiger partial charge is 0.294 e. The quantitative estimate of drug-likeness (QED) is 0.768. The molecule has 0 saturated heterocycles. The molecule has 30 heavy (non-hydrogen) atoms. The van der Waals surface area contributed by atoms with Gasteiger partial charge in [0, 0.05) is 6.04 Å². The van der Waals surface area contributed by atoms with E-state index in [0.29, 0.717) is 22.9 Å². The maximum absolute atomic E-state index is 13.5. The van der Waals surface area contributed by atoms with Crippen LogP contribution in [-0.4, -0.2) is 24.4 Å². The van der Waals surface area contributed by atoms with Gasteiger partial charge in [-0.3, -0.25) is 14.5 Å². The third kappa shape index (κ3) is 4.37. The number of hydrogen-bond donors (Lipinski definition) is 1. The maximum Gasteiger partial charge on any atom is 0.294 e. The molecule has 0 aromatic heterocycles. The summed E-state index contributed by atoms with van der Waals surface area (Å²) >= 11 is 0. The maximum atomic E-state index is 13.5. The summed E-state index contributed by atoms with van der Waals surface area (Å²) in [5.41, 5.74) is 1.06. The zero-order chi connectivity index (χ0) is 21.1. The molecule has 0 radical (unpaired) electrons. The molecule has 2 atom stereocenters. The second kappa shape index (κ2) is 8.69. The van der Waals surface area contributed by atoms with Crippen molar-refractivity contribution in [2.24, 2.45) is 5.92 Å². The Morgan fingerprint density at radius 1 is 1.20 bits per heavy atom. The van der Waals surface area contributed by atoms with E-state index in [2.05, 4.69) is 12.2 Å². The van der Waals surface area contributed by atoms with Crippen LogP contribution in [0.4, 0.5) is 10.1 Å². The fraction of sp³-hybridized carbons (Fsp3) is 0.333. The first-order valence-corrected chi connectivity index (χ1v) is 10.4. The van der Waals surface area contributed by atoms with Crippen molar-refractivity contribution in [1.29, 1.82) is 0 Å². The van der Waals surface area contributed by atoms with Crippen LogP contribution in [-0.2, 0) is 9.59 Å². The molecule has 5 nitrogen and oxygen atoms in total. The summed E-state index contributed by atoms with van der Waals surface area (Å²) in [6.45, 7) is 2.06. The van der Waals surface area contributed by atoms with E-state index in [9.17, 15) is 14.0 Å². The van der Waals surface area contributed by atoms with Gasteiger partial charge in [-0.15, -0.1) is 0 Å². The Labute approximate surface area is 175 Å². The van der Waals surface area contributed by atoms with E-state index in [0.717, 1.165) is 19.3 Å². The van der Waals surface area contributed by atoms with E-state index >= 15 is 0 Å². The van der Waals surface area contributed by atoms with E-state index in [1.54, 1.807) is 36.4 Å². The Hall–Kier alpha value is -3.15. The molecule has 2 amide bonds. The Balaban J connectivity index is 1.57. The molecule has 156 valence electrons. The molecule has 0 bridgehead atoms. The largest absolute Gasteiger partial charge is 0.449 e. The predicted octanol–water partition coefficient (Wildman–Crippen LogP) is 4.29. The van der Waals surface area contributed by atoms with Crippen molar-refractivity contribution in [3.8, 4) is 5.75 Å². The van der Waals surface area contributed by atoms with Crippen molar-refractivity contribution in [1.82, 2.24) is 5.32 Å². The van der Waals surface area contributed by atoms with Gasteiger partial charge in [0.1, 0.15) is 12.4 Å². The van der Waals surface area contributed by atoms with Gasteiger partial charge in [-0.1, -0.05) is 44.0 Å². The van der Waals surface area contributed by atoms with E-state index in [1.165, 1.54) is 29.5 Å². The molecule has 2 aliphatic rings. The van der Waals surface area contributed by atoms with Crippen LogP contribution in [0.5, 0.6) is 5.75 Å². The van der Waals surface area contributed by atoms with Gasteiger partial charge in [-0.05, 0) is 54.7 Å². The lowest BCUT2D eigenvalue weighted by molar-refractivity contribution is -0.124. The molecule has 1 heterocycles. The number of fused-ring (bicyclic) bond motifs is 1. The molecule has 2 aromatic carbocycles. The number of amides is 2. The monoisotopic (exact) mass is 408 g/mol. The molecular weight excluding hydrogens is 383 g/mol. The lowest BCUT2D eigenvalue weighted by atomic mass is 9.86. The van der Waals surface area contributed by atoms with Crippen LogP contribution < -0.4 is 15.0 Å². The summed E-state index contributed by atoms with van der Waals surface area (Å²) < 4.78 is 19.3. The molecule has 2 unspecified atom stereocenters. The van der Waals surface area contributed by atoms with Crippen LogP contribution in [0.3, 0.4) is 0 Å². The topological polar surface area (TPSA) is 58.6 Å². The summed E-state index contributed by atoms with van der Waals surface area (Å²) in [7, 11) is 0. The first kappa shape index (κ1) is 20.1. The molecule has 6 heteroatoms. The standard InChI is InChI=1S/C24H25FN2O3/c1-16-7-2-3-10-19(16)26-23(28)15-27-20-11-4-5-12-21(20)30-22(24(27)29)14-17-8-6-9-18(25)13-17/h4-6,8-9,11-14,16,19H,2-3,7,10,15H2,1H3,(H,26,28). The summed E-state index contributed by atoms with van der Waals surface area (Å²) in [6, 6.07) is 13.2. The number of carbonyl (C=O) groups excluding carboxylic acids is 2. The molecule has 1 saturated carbocycles. The van der Waals surface area contributed by atoms with Crippen LogP contribution in [0, 0.1) is 11.7 Å². The summed E-state index contributed by atoms with van der Waals surface area (Å²) in [4.78, 5) is 27.3. The van der Waals surface area contributed by atoms with E-state index in [4.69, 9.17) is 4.74 Å². The molecule has 1 N–H and O–H groups in total.